The Bertz CT molecular complexity index is 849. The van der Waals surface area contributed by atoms with Gasteiger partial charge in [0.25, 0.3) is 5.91 Å². The first kappa shape index (κ1) is 20.5. The summed E-state index contributed by atoms with van der Waals surface area (Å²) in [7, 11) is -3.55. The van der Waals surface area contributed by atoms with Gasteiger partial charge in [-0.3, -0.25) is 4.79 Å². The molecule has 26 heavy (non-hydrogen) atoms. The van der Waals surface area contributed by atoms with Crippen LogP contribution in [0.5, 0.6) is 0 Å². The molecule has 0 spiro atoms. The minimum Gasteiger partial charge on any atom is -0.322 e. The van der Waals surface area contributed by atoms with E-state index >= 15 is 0 Å². The van der Waals surface area contributed by atoms with E-state index in [2.05, 4.69) is 10.0 Å². The smallest absolute Gasteiger partial charge is 0.256 e. The van der Waals surface area contributed by atoms with Gasteiger partial charge in [0.2, 0.25) is 10.0 Å². The molecule has 0 aliphatic rings. The minimum atomic E-state index is -3.55. The van der Waals surface area contributed by atoms with Crippen LogP contribution in [0.15, 0.2) is 58.3 Å². The predicted molar refractivity (Wildman–Crippen MR) is 107 cm³/mol. The maximum Gasteiger partial charge on any atom is 0.256 e. The fourth-order valence-corrected chi connectivity index (χ4v) is 4.40. The van der Waals surface area contributed by atoms with E-state index < -0.39 is 10.0 Å². The standard InChI is InChI=1S/C19H24N2O3S2/c1-4-14(3)21-26(23,24)16-12-10-15(11-13-16)20-19(22)17-8-6-7-9-18(17)25-5-2/h6-14,21H,4-5H2,1-3H3,(H,20,22). The minimum absolute atomic E-state index is 0.132. The van der Waals surface area contributed by atoms with Gasteiger partial charge in [-0.05, 0) is 55.5 Å². The Kier molecular flexibility index (Phi) is 7.25. The number of hydrogen-bond acceptors (Lipinski definition) is 4. The molecule has 1 atom stereocenters. The third-order valence-corrected chi connectivity index (χ3v) is 6.38. The van der Waals surface area contributed by atoms with Gasteiger partial charge < -0.3 is 5.32 Å². The summed E-state index contributed by atoms with van der Waals surface area (Å²) < 4.78 is 27.2. The maximum atomic E-state index is 12.5. The van der Waals surface area contributed by atoms with Crippen molar-refractivity contribution in [3.8, 4) is 0 Å². The monoisotopic (exact) mass is 392 g/mol. The SMILES string of the molecule is CCSc1ccccc1C(=O)Nc1ccc(S(=O)(=O)NC(C)CC)cc1. The normalized spacial score (nSPS) is 12.6. The van der Waals surface area contributed by atoms with Crippen molar-refractivity contribution < 1.29 is 13.2 Å². The Morgan fingerprint density at radius 3 is 2.35 bits per heavy atom. The summed E-state index contributed by atoms with van der Waals surface area (Å²) in [5, 5.41) is 2.82. The van der Waals surface area contributed by atoms with Gasteiger partial charge in [-0.15, -0.1) is 11.8 Å². The zero-order valence-electron chi connectivity index (χ0n) is 15.2. The topological polar surface area (TPSA) is 75.3 Å². The van der Waals surface area contributed by atoms with Gasteiger partial charge >= 0.3 is 0 Å². The Morgan fingerprint density at radius 2 is 1.73 bits per heavy atom. The molecule has 0 bridgehead atoms. The van der Waals surface area contributed by atoms with Gasteiger partial charge in [-0.25, -0.2) is 13.1 Å². The number of carbonyl (C=O) groups excluding carboxylic acids is 1. The van der Waals surface area contributed by atoms with E-state index in [0.717, 1.165) is 10.6 Å². The molecule has 0 radical (unpaired) electrons. The van der Waals surface area contributed by atoms with Gasteiger partial charge in [0, 0.05) is 16.6 Å². The average Bonchev–Trinajstić information content (AvgIpc) is 2.62. The lowest BCUT2D eigenvalue weighted by Crippen LogP contribution is -2.31. The predicted octanol–water partition coefficient (Wildman–Crippen LogP) is 4.13. The quantitative estimate of drug-likeness (QED) is 0.663. The van der Waals surface area contributed by atoms with Gasteiger partial charge in [0.05, 0.1) is 10.5 Å². The summed E-state index contributed by atoms with van der Waals surface area (Å²) in [6.07, 6.45) is 0.711. The number of rotatable bonds is 8. The first-order chi connectivity index (χ1) is 12.4. The molecule has 0 fully saturated rings. The van der Waals surface area contributed by atoms with Crippen molar-refractivity contribution in [1.82, 2.24) is 4.72 Å². The second-order valence-electron chi connectivity index (χ2n) is 5.84. The molecule has 140 valence electrons. The fourth-order valence-electron chi connectivity index (χ4n) is 2.27. The number of benzene rings is 2. The molecule has 2 rings (SSSR count). The van der Waals surface area contributed by atoms with E-state index in [4.69, 9.17) is 0 Å². The summed E-state index contributed by atoms with van der Waals surface area (Å²) in [6, 6.07) is 13.5. The number of amides is 1. The van der Waals surface area contributed by atoms with E-state index in [9.17, 15) is 13.2 Å². The molecule has 0 saturated carbocycles. The molecule has 0 aliphatic carbocycles. The molecule has 0 saturated heterocycles. The van der Waals surface area contributed by atoms with E-state index in [0.29, 0.717) is 17.7 Å². The molecule has 0 aliphatic heterocycles. The second kappa shape index (κ2) is 9.21. The molecule has 2 aromatic carbocycles. The maximum absolute atomic E-state index is 12.5. The van der Waals surface area contributed by atoms with E-state index in [1.807, 2.05) is 39.0 Å². The van der Waals surface area contributed by atoms with Crippen molar-refractivity contribution in [2.45, 2.75) is 43.0 Å². The fraction of sp³-hybridized carbons (Fsp3) is 0.316. The molecule has 1 amide bonds. The van der Waals surface area contributed by atoms with Crippen molar-refractivity contribution in [3.05, 3.63) is 54.1 Å². The Balaban J connectivity index is 2.13. The zero-order chi connectivity index (χ0) is 19.2. The highest BCUT2D eigenvalue weighted by molar-refractivity contribution is 7.99. The van der Waals surface area contributed by atoms with Crippen LogP contribution in [-0.2, 0) is 10.0 Å². The third-order valence-electron chi connectivity index (χ3n) is 3.82. The second-order valence-corrected chi connectivity index (χ2v) is 8.86. The zero-order valence-corrected chi connectivity index (χ0v) is 16.8. The number of nitrogens with one attached hydrogen (secondary N) is 2. The molecule has 7 heteroatoms. The van der Waals surface area contributed by atoms with Crippen molar-refractivity contribution in [3.63, 3.8) is 0 Å². The molecule has 0 aromatic heterocycles. The lowest BCUT2D eigenvalue weighted by molar-refractivity contribution is 0.102. The molecule has 0 heterocycles. The molecule has 2 N–H and O–H groups in total. The van der Waals surface area contributed by atoms with Crippen LogP contribution in [0.3, 0.4) is 0 Å². The first-order valence-electron chi connectivity index (χ1n) is 8.53. The van der Waals surface area contributed by atoms with Crippen molar-refractivity contribution in [2.24, 2.45) is 0 Å². The lowest BCUT2D eigenvalue weighted by Gasteiger charge is -2.13. The lowest BCUT2D eigenvalue weighted by atomic mass is 10.2. The Hall–Kier alpha value is -1.83. The number of anilines is 1. The van der Waals surface area contributed by atoms with E-state index in [1.165, 1.54) is 12.1 Å². The highest BCUT2D eigenvalue weighted by atomic mass is 32.2. The number of hydrogen-bond donors (Lipinski definition) is 2. The van der Waals surface area contributed by atoms with Crippen LogP contribution >= 0.6 is 11.8 Å². The Morgan fingerprint density at radius 1 is 1.08 bits per heavy atom. The van der Waals surface area contributed by atoms with Gasteiger partial charge in [0.1, 0.15) is 0 Å². The van der Waals surface area contributed by atoms with E-state index in [-0.39, 0.29) is 16.8 Å². The highest BCUT2D eigenvalue weighted by Crippen LogP contribution is 2.23. The van der Waals surface area contributed by atoms with Gasteiger partial charge in [-0.2, -0.15) is 0 Å². The van der Waals surface area contributed by atoms with E-state index in [1.54, 1.807) is 30.0 Å². The molecular weight excluding hydrogens is 368 g/mol. The number of sulfonamides is 1. The number of carbonyl (C=O) groups is 1. The largest absolute Gasteiger partial charge is 0.322 e. The van der Waals surface area contributed by atoms with Gasteiger partial charge in [-0.1, -0.05) is 26.0 Å². The van der Waals surface area contributed by atoms with Crippen LogP contribution in [0.1, 0.15) is 37.6 Å². The summed E-state index contributed by atoms with van der Waals surface area (Å²) in [6.45, 7) is 5.77. The molecule has 5 nitrogen and oxygen atoms in total. The first-order valence-corrected chi connectivity index (χ1v) is 11.0. The molecular formula is C19H24N2O3S2. The van der Waals surface area contributed by atoms with Gasteiger partial charge in [0.15, 0.2) is 0 Å². The van der Waals surface area contributed by atoms with Crippen LogP contribution < -0.4 is 10.0 Å². The summed E-state index contributed by atoms with van der Waals surface area (Å²) in [4.78, 5) is 13.6. The summed E-state index contributed by atoms with van der Waals surface area (Å²) >= 11 is 1.61. The van der Waals surface area contributed by atoms with Crippen LogP contribution in [0.25, 0.3) is 0 Å². The van der Waals surface area contributed by atoms with Crippen LogP contribution in [0.4, 0.5) is 5.69 Å². The highest BCUT2D eigenvalue weighted by Gasteiger charge is 2.17. The summed E-state index contributed by atoms with van der Waals surface area (Å²) in [5.74, 6) is 0.662. The third kappa shape index (κ3) is 5.33. The van der Waals surface area contributed by atoms with Crippen molar-refractivity contribution >= 4 is 33.4 Å². The van der Waals surface area contributed by atoms with Crippen LogP contribution in [-0.4, -0.2) is 26.1 Å². The van der Waals surface area contributed by atoms with Crippen LogP contribution in [0.2, 0.25) is 0 Å². The number of thioether (sulfide) groups is 1. The molecule has 1 unspecified atom stereocenters. The Labute approximate surface area is 159 Å². The average molecular weight is 393 g/mol. The van der Waals surface area contributed by atoms with Crippen molar-refractivity contribution in [2.75, 3.05) is 11.1 Å². The van der Waals surface area contributed by atoms with Crippen molar-refractivity contribution in [1.29, 1.82) is 0 Å². The summed E-state index contributed by atoms with van der Waals surface area (Å²) in [5.41, 5.74) is 1.16. The van der Waals surface area contributed by atoms with Crippen LogP contribution in [0, 0.1) is 0 Å². The molecule has 2 aromatic rings.